The third-order valence-electron chi connectivity index (χ3n) is 4.44. The molecule has 4 heteroatoms. The third kappa shape index (κ3) is 5.85. The summed E-state index contributed by atoms with van der Waals surface area (Å²) >= 11 is 0. The summed E-state index contributed by atoms with van der Waals surface area (Å²) in [6.07, 6.45) is 1.65. The molecule has 0 unspecified atom stereocenters. The van der Waals surface area contributed by atoms with Gasteiger partial charge in [0.2, 0.25) is 0 Å². The van der Waals surface area contributed by atoms with Crippen LogP contribution in [0.5, 0.6) is 0 Å². The molecule has 0 atom stereocenters. The molecule has 1 aromatic heterocycles. The van der Waals surface area contributed by atoms with Gasteiger partial charge in [0.1, 0.15) is 5.82 Å². The SMILES string of the molecule is CC.CC(=O)c1cccc(-c2ccnc(NC(=O)c3ccc(C(C)C)cc3)c2)c1. The zero-order valence-corrected chi connectivity index (χ0v) is 17.7. The van der Waals surface area contributed by atoms with Crippen molar-refractivity contribution < 1.29 is 9.59 Å². The number of Topliss-reactive ketones (excluding diaryl/α,β-unsaturated/α-hetero) is 1. The number of ketones is 1. The van der Waals surface area contributed by atoms with E-state index in [0.29, 0.717) is 22.9 Å². The zero-order valence-electron chi connectivity index (χ0n) is 17.7. The second-order valence-corrected chi connectivity index (χ2v) is 6.80. The molecule has 2 aromatic carbocycles. The molecular weight excluding hydrogens is 360 g/mol. The van der Waals surface area contributed by atoms with E-state index in [4.69, 9.17) is 0 Å². The Hall–Kier alpha value is -3.27. The van der Waals surface area contributed by atoms with Gasteiger partial charge in [-0.05, 0) is 59.9 Å². The Bertz CT molecular complexity index is 976. The number of carbonyl (C=O) groups is 2. The van der Waals surface area contributed by atoms with Crippen molar-refractivity contribution in [3.8, 4) is 11.1 Å². The minimum atomic E-state index is -0.201. The van der Waals surface area contributed by atoms with Crippen LogP contribution < -0.4 is 5.32 Å². The first-order valence-corrected chi connectivity index (χ1v) is 9.93. The molecule has 3 aromatic rings. The van der Waals surface area contributed by atoms with Crippen LogP contribution in [0.4, 0.5) is 5.82 Å². The van der Waals surface area contributed by atoms with Crippen LogP contribution in [-0.2, 0) is 0 Å². The first kappa shape index (κ1) is 22.0. The summed E-state index contributed by atoms with van der Waals surface area (Å²) in [7, 11) is 0. The van der Waals surface area contributed by atoms with Crippen LogP contribution in [0.1, 0.15) is 66.8 Å². The van der Waals surface area contributed by atoms with E-state index in [0.717, 1.165) is 11.1 Å². The molecule has 150 valence electrons. The lowest BCUT2D eigenvalue weighted by atomic mass is 10.0. The number of aromatic nitrogens is 1. The van der Waals surface area contributed by atoms with E-state index in [9.17, 15) is 9.59 Å². The summed E-state index contributed by atoms with van der Waals surface area (Å²) < 4.78 is 0. The molecule has 0 aliphatic carbocycles. The van der Waals surface area contributed by atoms with Crippen LogP contribution >= 0.6 is 0 Å². The minimum absolute atomic E-state index is 0.0178. The molecule has 0 radical (unpaired) electrons. The molecule has 3 rings (SSSR count). The van der Waals surface area contributed by atoms with Crippen LogP contribution in [0.3, 0.4) is 0 Å². The highest BCUT2D eigenvalue weighted by atomic mass is 16.1. The predicted molar refractivity (Wildman–Crippen MR) is 120 cm³/mol. The topological polar surface area (TPSA) is 59.1 Å². The summed E-state index contributed by atoms with van der Waals surface area (Å²) in [5, 5.41) is 2.84. The first-order valence-electron chi connectivity index (χ1n) is 9.93. The van der Waals surface area contributed by atoms with Crippen molar-refractivity contribution in [2.45, 2.75) is 40.5 Å². The fourth-order valence-electron chi connectivity index (χ4n) is 2.80. The van der Waals surface area contributed by atoms with E-state index in [1.54, 1.807) is 25.3 Å². The standard InChI is InChI=1S/C23H22N2O2.C2H6/c1-15(2)17-7-9-18(10-8-17)23(27)25-22-14-21(11-12-24-22)20-6-4-5-19(13-20)16(3)26;1-2/h4-15H,1-3H3,(H,24,25,27);1-2H3. The molecular formula is C25H28N2O2. The molecule has 1 amide bonds. The third-order valence-corrected chi connectivity index (χ3v) is 4.44. The Balaban J connectivity index is 0.00000145. The van der Waals surface area contributed by atoms with Crippen LogP contribution in [-0.4, -0.2) is 16.7 Å². The van der Waals surface area contributed by atoms with E-state index in [1.165, 1.54) is 5.56 Å². The maximum atomic E-state index is 12.5. The molecule has 0 aliphatic rings. The van der Waals surface area contributed by atoms with Gasteiger partial charge in [0, 0.05) is 17.3 Å². The Morgan fingerprint density at radius 1 is 0.862 bits per heavy atom. The van der Waals surface area contributed by atoms with Gasteiger partial charge in [-0.3, -0.25) is 9.59 Å². The molecule has 0 saturated carbocycles. The summed E-state index contributed by atoms with van der Waals surface area (Å²) in [4.78, 5) is 28.3. The number of benzene rings is 2. The number of hydrogen-bond donors (Lipinski definition) is 1. The average Bonchev–Trinajstić information content (AvgIpc) is 2.75. The fraction of sp³-hybridized carbons (Fsp3) is 0.240. The second-order valence-electron chi connectivity index (χ2n) is 6.80. The van der Waals surface area contributed by atoms with E-state index in [1.807, 2.05) is 62.4 Å². The highest BCUT2D eigenvalue weighted by molar-refractivity contribution is 6.04. The molecule has 1 N–H and O–H groups in total. The number of amides is 1. The maximum absolute atomic E-state index is 12.5. The molecule has 0 bridgehead atoms. The highest BCUT2D eigenvalue weighted by Gasteiger charge is 2.09. The van der Waals surface area contributed by atoms with Gasteiger partial charge in [0.25, 0.3) is 5.91 Å². The maximum Gasteiger partial charge on any atom is 0.256 e. The van der Waals surface area contributed by atoms with E-state index in [-0.39, 0.29) is 11.7 Å². The van der Waals surface area contributed by atoms with Crippen molar-refractivity contribution in [2.75, 3.05) is 5.32 Å². The van der Waals surface area contributed by atoms with Crippen LogP contribution in [0, 0.1) is 0 Å². The molecule has 1 heterocycles. The van der Waals surface area contributed by atoms with Crippen molar-refractivity contribution in [2.24, 2.45) is 0 Å². The summed E-state index contributed by atoms with van der Waals surface area (Å²) in [6, 6.07) is 18.7. The molecule has 0 spiro atoms. The number of carbonyl (C=O) groups excluding carboxylic acids is 2. The monoisotopic (exact) mass is 388 g/mol. The lowest BCUT2D eigenvalue weighted by Crippen LogP contribution is -2.13. The average molecular weight is 389 g/mol. The van der Waals surface area contributed by atoms with Crippen molar-refractivity contribution in [3.63, 3.8) is 0 Å². The highest BCUT2D eigenvalue weighted by Crippen LogP contribution is 2.23. The van der Waals surface area contributed by atoms with Gasteiger partial charge in [0.05, 0.1) is 0 Å². The molecule has 0 aliphatic heterocycles. The zero-order chi connectivity index (χ0) is 21.4. The lowest BCUT2D eigenvalue weighted by Gasteiger charge is -2.09. The summed E-state index contributed by atoms with van der Waals surface area (Å²) in [5.41, 5.74) is 4.22. The Kier molecular flexibility index (Phi) is 7.84. The van der Waals surface area contributed by atoms with Gasteiger partial charge in [-0.25, -0.2) is 4.98 Å². The smallest absolute Gasteiger partial charge is 0.256 e. The predicted octanol–water partition coefficient (Wildman–Crippen LogP) is 6.35. The Labute approximate surface area is 173 Å². The number of pyridine rings is 1. The minimum Gasteiger partial charge on any atom is -0.307 e. The quantitative estimate of drug-likeness (QED) is 0.518. The van der Waals surface area contributed by atoms with Crippen molar-refractivity contribution in [3.05, 3.63) is 83.6 Å². The Morgan fingerprint density at radius 2 is 1.52 bits per heavy atom. The van der Waals surface area contributed by atoms with E-state index >= 15 is 0 Å². The number of hydrogen-bond acceptors (Lipinski definition) is 3. The number of rotatable bonds is 5. The van der Waals surface area contributed by atoms with Crippen molar-refractivity contribution >= 4 is 17.5 Å². The van der Waals surface area contributed by atoms with Gasteiger partial charge in [-0.15, -0.1) is 0 Å². The normalized spacial score (nSPS) is 10.1. The largest absolute Gasteiger partial charge is 0.307 e. The van der Waals surface area contributed by atoms with Gasteiger partial charge >= 0.3 is 0 Å². The number of anilines is 1. The van der Waals surface area contributed by atoms with Gasteiger partial charge in [0.15, 0.2) is 5.78 Å². The lowest BCUT2D eigenvalue weighted by molar-refractivity contribution is 0.101. The van der Waals surface area contributed by atoms with E-state index < -0.39 is 0 Å². The molecule has 0 saturated heterocycles. The van der Waals surface area contributed by atoms with Crippen molar-refractivity contribution in [1.82, 2.24) is 4.98 Å². The van der Waals surface area contributed by atoms with Gasteiger partial charge in [-0.2, -0.15) is 0 Å². The molecule has 0 fully saturated rings. The van der Waals surface area contributed by atoms with Crippen molar-refractivity contribution in [1.29, 1.82) is 0 Å². The number of nitrogens with one attached hydrogen (secondary N) is 1. The second kappa shape index (κ2) is 10.3. The summed E-state index contributed by atoms with van der Waals surface area (Å²) in [5.74, 6) is 0.710. The molecule has 29 heavy (non-hydrogen) atoms. The Morgan fingerprint density at radius 3 is 2.14 bits per heavy atom. The number of nitrogens with zero attached hydrogens (tertiary/aromatic N) is 1. The van der Waals surface area contributed by atoms with Gasteiger partial charge < -0.3 is 5.32 Å². The van der Waals surface area contributed by atoms with Crippen LogP contribution in [0.25, 0.3) is 11.1 Å². The first-order chi connectivity index (χ1) is 13.9. The van der Waals surface area contributed by atoms with Crippen LogP contribution in [0.2, 0.25) is 0 Å². The molecule has 4 nitrogen and oxygen atoms in total. The summed E-state index contributed by atoms with van der Waals surface area (Å²) in [6.45, 7) is 9.78. The van der Waals surface area contributed by atoms with Crippen LogP contribution in [0.15, 0.2) is 66.9 Å². The van der Waals surface area contributed by atoms with Gasteiger partial charge in [-0.1, -0.05) is 58.0 Å². The van der Waals surface area contributed by atoms with E-state index in [2.05, 4.69) is 24.1 Å². The fourth-order valence-corrected chi connectivity index (χ4v) is 2.80.